The van der Waals surface area contributed by atoms with Crippen molar-refractivity contribution in [3.8, 4) is 0 Å². The van der Waals surface area contributed by atoms with E-state index in [2.05, 4.69) is 23.2 Å². The van der Waals surface area contributed by atoms with Gasteiger partial charge in [0.15, 0.2) is 5.78 Å². The molecule has 0 amide bonds. The van der Waals surface area contributed by atoms with Crippen molar-refractivity contribution in [1.29, 1.82) is 0 Å². The molecule has 0 aliphatic carbocycles. The smallest absolute Gasteiger partial charge is 0.243 e. The lowest BCUT2D eigenvalue weighted by molar-refractivity contribution is 0.0988. The van der Waals surface area contributed by atoms with Gasteiger partial charge >= 0.3 is 0 Å². The minimum Gasteiger partial charge on any atom is -0.308 e. The summed E-state index contributed by atoms with van der Waals surface area (Å²) in [6.07, 6.45) is 1.93. The fourth-order valence-electron chi connectivity index (χ4n) is 3.79. The molecule has 2 unspecified atom stereocenters. The number of hydrogen-bond acceptors (Lipinski definition) is 6. The second-order valence-corrected chi connectivity index (χ2v) is 11.1. The van der Waals surface area contributed by atoms with E-state index in [4.69, 9.17) is 0 Å². The molecule has 1 N–H and O–H groups in total. The standard InChI is InChI=1S/C22H31N3O3S2/c1-17-7-5-11-25(16-17)30(27,28)19-9-4-8-18(13-19)21(26)15-23-14-20(24(2)3)22-10-6-12-29-22/h4,6,8-10,12-13,17,20,23H,5,7,11,14-16H2,1-3H3. The highest BCUT2D eigenvalue weighted by molar-refractivity contribution is 7.89. The van der Waals surface area contributed by atoms with Gasteiger partial charge in [0.2, 0.25) is 10.0 Å². The van der Waals surface area contributed by atoms with E-state index in [0.29, 0.717) is 31.1 Å². The Balaban J connectivity index is 1.64. The van der Waals surface area contributed by atoms with Crippen molar-refractivity contribution in [1.82, 2.24) is 14.5 Å². The van der Waals surface area contributed by atoms with Gasteiger partial charge in [0.1, 0.15) is 0 Å². The number of likely N-dealkylation sites (N-methyl/N-ethyl adjacent to an activating group) is 1. The third-order valence-electron chi connectivity index (χ3n) is 5.53. The third kappa shape index (κ3) is 5.56. The summed E-state index contributed by atoms with van der Waals surface area (Å²) in [5.41, 5.74) is 0.422. The SMILES string of the molecule is CC1CCCN(S(=O)(=O)c2cccc(C(=O)CNCC(c3cccs3)N(C)C)c2)C1. The van der Waals surface area contributed by atoms with Gasteiger partial charge < -0.3 is 10.2 Å². The Morgan fingerprint density at radius 1 is 1.30 bits per heavy atom. The predicted molar refractivity (Wildman–Crippen MR) is 122 cm³/mol. The molecule has 1 aromatic carbocycles. The predicted octanol–water partition coefficient (Wildman–Crippen LogP) is 3.24. The topological polar surface area (TPSA) is 69.7 Å². The first-order valence-corrected chi connectivity index (χ1v) is 12.6. The fourth-order valence-corrected chi connectivity index (χ4v) is 6.35. The summed E-state index contributed by atoms with van der Waals surface area (Å²) >= 11 is 1.69. The first kappa shape index (κ1) is 23.1. The van der Waals surface area contributed by atoms with Crippen molar-refractivity contribution in [3.63, 3.8) is 0 Å². The molecule has 2 aromatic rings. The maximum absolute atomic E-state index is 13.0. The first-order chi connectivity index (χ1) is 14.3. The summed E-state index contributed by atoms with van der Waals surface area (Å²) in [6, 6.07) is 10.7. The number of ketones is 1. The highest BCUT2D eigenvalue weighted by atomic mass is 32.2. The lowest BCUT2D eigenvalue weighted by atomic mass is 10.0. The van der Waals surface area contributed by atoms with Crippen LogP contribution in [0.5, 0.6) is 0 Å². The molecule has 8 heteroatoms. The summed E-state index contributed by atoms with van der Waals surface area (Å²) in [7, 11) is 0.465. The van der Waals surface area contributed by atoms with Gasteiger partial charge in [-0.15, -0.1) is 11.3 Å². The van der Waals surface area contributed by atoms with Crippen molar-refractivity contribution in [2.24, 2.45) is 5.92 Å². The van der Waals surface area contributed by atoms with Gasteiger partial charge in [0.25, 0.3) is 0 Å². The molecule has 1 aliphatic rings. The van der Waals surface area contributed by atoms with Crippen LogP contribution >= 0.6 is 11.3 Å². The normalized spacial score (nSPS) is 19.1. The number of piperidine rings is 1. The molecule has 164 valence electrons. The van der Waals surface area contributed by atoms with Crippen LogP contribution in [0.4, 0.5) is 0 Å². The molecule has 30 heavy (non-hydrogen) atoms. The summed E-state index contributed by atoms with van der Waals surface area (Å²) < 4.78 is 27.6. The number of thiophene rings is 1. The van der Waals surface area contributed by atoms with Crippen LogP contribution in [0, 0.1) is 5.92 Å². The molecular weight excluding hydrogens is 418 g/mol. The largest absolute Gasteiger partial charge is 0.308 e. The molecule has 1 saturated heterocycles. The summed E-state index contributed by atoms with van der Waals surface area (Å²) in [5.74, 6) is 0.248. The van der Waals surface area contributed by atoms with Crippen molar-refractivity contribution in [3.05, 3.63) is 52.2 Å². The minimum absolute atomic E-state index is 0.109. The number of carbonyl (C=O) groups excluding carboxylic acids is 1. The molecule has 0 bridgehead atoms. The highest BCUT2D eigenvalue weighted by Gasteiger charge is 2.29. The summed E-state index contributed by atoms with van der Waals surface area (Å²) in [5, 5.41) is 5.28. The number of hydrogen-bond donors (Lipinski definition) is 1. The van der Waals surface area contributed by atoms with Gasteiger partial charge in [0.05, 0.1) is 17.5 Å². The number of carbonyl (C=O) groups is 1. The zero-order valence-corrected chi connectivity index (χ0v) is 19.5. The van der Waals surface area contributed by atoms with E-state index in [9.17, 15) is 13.2 Å². The van der Waals surface area contributed by atoms with Crippen LogP contribution < -0.4 is 5.32 Å². The molecule has 1 fully saturated rings. The number of sulfonamides is 1. The lowest BCUT2D eigenvalue weighted by Crippen LogP contribution is -2.39. The third-order valence-corrected chi connectivity index (χ3v) is 8.37. The van der Waals surface area contributed by atoms with Gasteiger partial charge in [0, 0.05) is 30.1 Å². The van der Waals surface area contributed by atoms with E-state index >= 15 is 0 Å². The fraction of sp³-hybridized carbons (Fsp3) is 0.500. The molecule has 6 nitrogen and oxygen atoms in total. The molecule has 0 radical (unpaired) electrons. The van der Waals surface area contributed by atoms with E-state index < -0.39 is 10.0 Å². The highest BCUT2D eigenvalue weighted by Crippen LogP contribution is 2.24. The van der Waals surface area contributed by atoms with E-state index in [1.807, 2.05) is 25.5 Å². The Morgan fingerprint density at radius 3 is 2.77 bits per heavy atom. The minimum atomic E-state index is -3.57. The molecule has 1 aromatic heterocycles. The van der Waals surface area contributed by atoms with Crippen LogP contribution in [-0.2, 0) is 10.0 Å². The van der Waals surface area contributed by atoms with Crippen molar-refractivity contribution >= 4 is 27.1 Å². The van der Waals surface area contributed by atoms with Crippen LogP contribution in [0.25, 0.3) is 0 Å². The second kappa shape index (κ2) is 10.2. The van der Waals surface area contributed by atoms with Gasteiger partial charge in [-0.25, -0.2) is 8.42 Å². The maximum atomic E-state index is 13.0. The van der Waals surface area contributed by atoms with Crippen LogP contribution in [0.15, 0.2) is 46.7 Å². The monoisotopic (exact) mass is 449 g/mol. The molecule has 2 heterocycles. The average molecular weight is 450 g/mol. The number of benzene rings is 1. The van der Waals surface area contributed by atoms with Gasteiger partial charge in [-0.05, 0) is 56.4 Å². The molecule has 2 atom stereocenters. The summed E-state index contributed by atoms with van der Waals surface area (Å²) in [6.45, 7) is 3.96. The first-order valence-electron chi connectivity index (χ1n) is 10.3. The van der Waals surface area contributed by atoms with Crippen molar-refractivity contribution in [2.45, 2.75) is 30.7 Å². The molecule has 0 saturated carbocycles. The molecular formula is C22H31N3O3S2. The number of nitrogens with one attached hydrogen (secondary N) is 1. The number of rotatable bonds is 9. The number of Topliss-reactive ketones (excluding diaryl/α,β-unsaturated/α-hetero) is 1. The van der Waals surface area contributed by atoms with E-state index in [1.54, 1.807) is 33.8 Å². The second-order valence-electron chi connectivity index (χ2n) is 8.19. The van der Waals surface area contributed by atoms with Gasteiger partial charge in [-0.2, -0.15) is 4.31 Å². The zero-order valence-electron chi connectivity index (χ0n) is 17.9. The molecule has 0 spiro atoms. The van der Waals surface area contributed by atoms with Crippen molar-refractivity contribution < 1.29 is 13.2 Å². The molecule has 3 rings (SSSR count). The average Bonchev–Trinajstić information content (AvgIpc) is 3.25. The zero-order chi connectivity index (χ0) is 21.7. The van der Waals surface area contributed by atoms with Crippen LogP contribution in [0.2, 0.25) is 0 Å². The Morgan fingerprint density at radius 2 is 2.10 bits per heavy atom. The van der Waals surface area contributed by atoms with E-state index in [-0.39, 0.29) is 23.3 Å². The van der Waals surface area contributed by atoms with E-state index in [1.165, 1.54) is 10.9 Å². The lowest BCUT2D eigenvalue weighted by Gasteiger charge is -2.30. The van der Waals surface area contributed by atoms with Gasteiger partial charge in [-0.1, -0.05) is 25.1 Å². The Hall–Kier alpha value is -1.58. The Labute approximate surface area is 183 Å². The Bertz CT molecular complexity index is 942. The maximum Gasteiger partial charge on any atom is 0.243 e. The van der Waals surface area contributed by atoms with Crippen LogP contribution in [-0.4, -0.2) is 63.7 Å². The van der Waals surface area contributed by atoms with Crippen molar-refractivity contribution in [2.75, 3.05) is 40.3 Å². The van der Waals surface area contributed by atoms with Crippen LogP contribution in [0.3, 0.4) is 0 Å². The quantitative estimate of drug-likeness (QED) is 0.595. The molecule has 1 aliphatic heterocycles. The van der Waals surface area contributed by atoms with Crippen LogP contribution in [0.1, 0.15) is 41.0 Å². The Kier molecular flexibility index (Phi) is 7.81. The summed E-state index contributed by atoms with van der Waals surface area (Å²) in [4.78, 5) is 16.3. The van der Waals surface area contributed by atoms with Gasteiger partial charge in [-0.3, -0.25) is 4.79 Å². The van der Waals surface area contributed by atoms with E-state index in [0.717, 1.165) is 12.8 Å². The number of nitrogens with zero attached hydrogens (tertiary/aromatic N) is 2.